The molecule has 1 aromatic heterocycles. The van der Waals surface area contributed by atoms with Gasteiger partial charge in [-0.25, -0.2) is 9.67 Å². The number of nitrogens with zero attached hydrogens (tertiary/aromatic N) is 5. The second-order valence-electron chi connectivity index (χ2n) is 11.4. The van der Waals surface area contributed by atoms with E-state index < -0.39 is 6.36 Å². The van der Waals surface area contributed by atoms with Crippen LogP contribution in [0.3, 0.4) is 0 Å². The quantitative estimate of drug-likeness (QED) is 0.211. The predicted octanol–water partition coefficient (Wildman–Crippen LogP) is 7.24. The lowest BCUT2D eigenvalue weighted by Crippen LogP contribution is -2.33. The Hall–Kier alpha value is -4.23. The molecule has 13 heteroatoms. The highest BCUT2D eigenvalue weighted by Crippen LogP contribution is 2.36. The number of hydrogen-bond donors (Lipinski definition) is 1. The van der Waals surface area contributed by atoms with Crippen LogP contribution in [0, 0.1) is 0 Å². The van der Waals surface area contributed by atoms with Gasteiger partial charge < -0.3 is 10.1 Å². The summed E-state index contributed by atoms with van der Waals surface area (Å²) in [5.74, 6) is 0.533. The van der Waals surface area contributed by atoms with Crippen LogP contribution in [0.5, 0.6) is 5.75 Å². The standard InChI is InChI=1S/C32H31F3N6O2S2/c1-20(17-36-29(44)38-30-41(27(42)18-45-30)26-8-6-5-7-25(26)31(2,3)4)21-9-11-22(12-10-21)28-37-19-40(39-28)23-13-15-24(16-14-23)43-32(33,34)35/h5-16,19-20H,17-18H2,1-4H3,(H,36,44). The monoisotopic (exact) mass is 652 g/mol. The van der Waals surface area contributed by atoms with Crippen molar-refractivity contribution in [1.29, 1.82) is 0 Å². The van der Waals surface area contributed by atoms with E-state index in [9.17, 15) is 18.0 Å². The van der Waals surface area contributed by atoms with E-state index >= 15 is 0 Å². The van der Waals surface area contributed by atoms with Crippen molar-refractivity contribution in [3.05, 3.63) is 90.3 Å². The number of carbonyl (C=O) groups excluding carboxylic acids is 1. The minimum Gasteiger partial charge on any atom is -0.406 e. The molecule has 1 unspecified atom stereocenters. The zero-order valence-corrected chi connectivity index (χ0v) is 26.6. The van der Waals surface area contributed by atoms with Crippen LogP contribution in [-0.2, 0) is 10.2 Å². The van der Waals surface area contributed by atoms with Gasteiger partial charge in [0.1, 0.15) is 12.1 Å². The highest BCUT2D eigenvalue weighted by molar-refractivity contribution is 8.15. The number of alkyl halides is 3. The van der Waals surface area contributed by atoms with Crippen LogP contribution in [0.4, 0.5) is 18.9 Å². The number of rotatable bonds is 7. The first-order valence-corrected chi connectivity index (χ1v) is 15.5. The van der Waals surface area contributed by atoms with E-state index in [4.69, 9.17) is 12.2 Å². The number of halogens is 3. The summed E-state index contributed by atoms with van der Waals surface area (Å²) in [6.45, 7) is 8.94. The number of thioether (sulfide) groups is 1. The second-order valence-corrected chi connectivity index (χ2v) is 12.8. The van der Waals surface area contributed by atoms with E-state index in [1.54, 1.807) is 4.90 Å². The number of thiocarbonyl (C=S) groups is 1. The van der Waals surface area contributed by atoms with E-state index in [2.05, 4.69) is 52.8 Å². The van der Waals surface area contributed by atoms with Gasteiger partial charge in [0.15, 0.2) is 16.1 Å². The Bertz CT molecular complexity index is 1710. The lowest BCUT2D eigenvalue weighted by Gasteiger charge is -2.27. The largest absolute Gasteiger partial charge is 0.573 e. The minimum absolute atomic E-state index is 0.0283. The highest BCUT2D eigenvalue weighted by atomic mass is 32.2. The number of aliphatic imine (C=N–C) groups is 1. The van der Waals surface area contributed by atoms with Crippen LogP contribution in [0.2, 0.25) is 0 Å². The molecule has 0 saturated carbocycles. The molecule has 1 aliphatic heterocycles. The molecule has 1 amide bonds. The van der Waals surface area contributed by atoms with Crippen molar-refractivity contribution < 1.29 is 22.7 Å². The fourth-order valence-electron chi connectivity index (χ4n) is 4.75. The summed E-state index contributed by atoms with van der Waals surface area (Å²) >= 11 is 6.91. The van der Waals surface area contributed by atoms with Crippen molar-refractivity contribution in [1.82, 2.24) is 20.1 Å². The van der Waals surface area contributed by atoms with Gasteiger partial charge in [-0.15, -0.1) is 18.3 Å². The normalized spacial score (nSPS) is 15.4. The Labute approximate surface area is 268 Å². The summed E-state index contributed by atoms with van der Waals surface area (Å²) in [6, 6.07) is 21.0. The van der Waals surface area contributed by atoms with Crippen molar-refractivity contribution in [2.45, 2.75) is 45.4 Å². The van der Waals surface area contributed by atoms with Crippen molar-refractivity contribution in [2.24, 2.45) is 4.99 Å². The van der Waals surface area contributed by atoms with Crippen molar-refractivity contribution in [3.8, 4) is 22.8 Å². The van der Waals surface area contributed by atoms with Crippen LogP contribution < -0.4 is 15.0 Å². The Morgan fingerprint density at radius 1 is 1.07 bits per heavy atom. The van der Waals surface area contributed by atoms with Crippen molar-refractivity contribution in [2.75, 3.05) is 17.2 Å². The molecule has 1 fully saturated rings. The Morgan fingerprint density at radius 3 is 2.42 bits per heavy atom. The molecular formula is C32H31F3N6O2S2. The fraction of sp³-hybridized carbons (Fsp3) is 0.281. The van der Waals surface area contributed by atoms with Crippen molar-refractivity contribution in [3.63, 3.8) is 0 Å². The van der Waals surface area contributed by atoms with E-state index in [1.165, 1.54) is 47.0 Å². The van der Waals surface area contributed by atoms with Crippen molar-refractivity contribution >= 4 is 45.9 Å². The van der Waals surface area contributed by atoms with E-state index in [0.29, 0.717) is 34.1 Å². The number of carbonyl (C=O) groups is 1. The van der Waals surface area contributed by atoms with Gasteiger partial charge in [-0.3, -0.25) is 9.69 Å². The average Bonchev–Trinajstić information content (AvgIpc) is 3.62. The van der Waals surface area contributed by atoms with E-state index in [0.717, 1.165) is 22.4 Å². The molecule has 0 spiro atoms. The summed E-state index contributed by atoms with van der Waals surface area (Å²) in [6.07, 6.45) is -3.25. The highest BCUT2D eigenvalue weighted by Gasteiger charge is 2.33. The summed E-state index contributed by atoms with van der Waals surface area (Å²) in [5.41, 5.74) is 4.12. The first kappa shape index (κ1) is 32.2. The molecule has 8 nitrogen and oxygen atoms in total. The predicted molar refractivity (Wildman–Crippen MR) is 175 cm³/mol. The van der Waals surface area contributed by atoms with Crippen LogP contribution in [0.1, 0.15) is 44.7 Å². The van der Waals surface area contributed by atoms with Crippen LogP contribution in [0.15, 0.2) is 84.1 Å². The minimum atomic E-state index is -4.75. The Kier molecular flexibility index (Phi) is 9.31. The first-order valence-electron chi connectivity index (χ1n) is 14.1. The summed E-state index contributed by atoms with van der Waals surface area (Å²) in [5, 5.41) is 8.54. The lowest BCUT2D eigenvalue weighted by atomic mass is 9.85. The van der Waals surface area contributed by atoms with Gasteiger partial charge in [0.2, 0.25) is 5.91 Å². The third kappa shape index (κ3) is 7.90. The number of anilines is 1. The number of nitrogens with one attached hydrogen (secondary N) is 1. The number of aromatic nitrogens is 3. The molecule has 45 heavy (non-hydrogen) atoms. The zero-order valence-electron chi connectivity index (χ0n) is 25.0. The number of amidine groups is 1. The third-order valence-electron chi connectivity index (χ3n) is 7.04. The molecule has 0 radical (unpaired) electrons. The maximum Gasteiger partial charge on any atom is 0.573 e. The molecular weight excluding hydrogens is 622 g/mol. The first-order chi connectivity index (χ1) is 21.3. The maximum absolute atomic E-state index is 12.9. The molecule has 5 rings (SSSR count). The van der Waals surface area contributed by atoms with Gasteiger partial charge in [-0.05, 0) is 65.0 Å². The number of amides is 1. The van der Waals surface area contributed by atoms with Crippen LogP contribution in [-0.4, -0.2) is 49.6 Å². The Morgan fingerprint density at radius 2 is 1.76 bits per heavy atom. The summed E-state index contributed by atoms with van der Waals surface area (Å²) in [7, 11) is 0. The van der Waals surface area contributed by atoms with Crippen LogP contribution in [0.25, 0.3) is 17.1 Å². The second kappa shape index (κ2) is 13.0. The molecule has 1 atom stereocenters. The van der Waals surface area contributed by atoms with Gasteiger partial charge in [0.25, 0.3) is 0 Å². The van der Waals surface area contributed by atoms with Gasteiger partial charge >= 0.3 is 6.36 Å². The SMILES string of the molecule is CC(CNC(=S)N=C1SCC(=O)N1c1ccccc1C(C)(C)C)c1ccc(-c2ncn(-c3ccc(OC(F)(F)F)cc3)n2)cc1. The van der Waals surface area contributed by atoms with Gasteiger partial charge in [-0.2, -0.15) is 4.99 Å². The number of hydrogen-bond acceptors (Lipinski definition) is 6. The molecule has 2 heterocycles. The molecule has 0 bridgehead atoms. The van der Waals surface area contributed by atoms with Crippen LogP contribution >= 0.6 is 24.0 Å². The third-order valence-corrected chi connectivity index (χ3v) is 8.20. The van der Waals surface area contributed by atoms with Gasteiger partial charge in [-0.1, -0.05) is 81.9 Å². The molecule has 234 valence electrons. The van der Waals surface area contributed by atoms with Gasteiger partial charge in [0.05, 0.1) is 17.1 Å². The maximum atomic E-state index is 12.9. The zero-order chi connectivity index (χ0) is 32.4. The van der Waals surface area contributed by atoms with E-state index in [-0.39, 0.29) is 23.0 Å². The van der Waals surface area contributed by atoms with Gasteiger partial charge in [0, 0.05) is 12.1 Å². The molecule has 3 aromatic carbocycles. The fourth-order valence-corrected chi connectivity index (χ4v) is 5.84. The Balaban J connectivity index is 1.20. The van der Waals surface area contributed by atoms with E-state index in [1.807, 2.05) is 48.5 Å². The topological polar surface area (TPSA) is 84.6 Å². The summed E-state index contributed by atoms with van der Waals surface area (Å²) in [4.78, 5) is 23.5. The lowest BCUT2D eigenvalue weighted by molar-refractivity contribution is -0.274. The molecule has 1 N–H and O–H groups in total. The number of ether oxygens (including phenoxy) is 1. The average molecular weight is 653 g/mol. The smallest absolute Gasteiger partial charge is 0.406 e. The number of benzene rings is 3. The summed E-state index contributed by atoms with van der Waals surface area (Å²) < 4.78 is 42.7. The molecule has 1 aliphatic rings. The molecule has 0 aliphatic carbocycles. The molecule has 4 aromatic rings. The number of para-hydroxylation sites is 1. The molecule has 1 saturated heterocycles.